The first-order valence-corrected chi connectivity index (χ1v) is 6.29. The minimum absolute atomic E-state index is 0.113. The van der Waals surface area contributed by atoms with E-state index in [1.54, 1.807) is 0 Å². The molecule has 1 unspecified atom stereocenters. The van der Waals surface area contributed by atoms with Crippen molar-refractivity contribution in [2.24, 2.45) is 11.7 Å². The third-order valence-corrected chi connectivity index (χ3v) is 4.17. The Hall–Kier alpha value is -0.130. The van der Waals surface area contributed by atoms with E-state index in [-0.39, 0.29) is 5.25 Å². The lowest BCUT2D eigenvalue weighted by atomic mass is 10.1. The van der Waals surface area contributed by atoms with Crippen molar-refractivity contribution in [1.82, 2.24) is 4.72 Å². The summed E-state index contributed by atoms with van der Waals surface area (Å²) in [6, 6.07) is 0. The van der Waals surface area contributed by atoms with E-state index in [1.807, 2.05) is 6.92 Å². The highest BCUT2D eigenvalue weighted by molar-refractivity contribution is 7.90. The zero-order chi connectivity index (χ0) is 9.90. The van der Waals surface area contributed by atoms with Crippen LogP contribution in [0.1, 0.15) is 26.2 Å². The third-order valence-electron chi connectivity index (χ3n) is 2.26. The molecule has 0 aromatic carbocycles. The van der Waals surface area contributed by atoms with E-state index in [9.17, 15) is 8.42 Å². The number of nitrogens with two attached hydrogens (primary N) is 1. The van der Waals surface area contributed by atoms with Crippen LogP contribution in [0.5, 0.6) is 0 Å². The van der Waals surface area contributed by atoms with Crippen molar-refractivity contribution in [3.63, 3.8) is 0 Å². The smallest absolute Gasteiger partial charge is 0.214 e. The maximum Gasteiger partial charge on any atom is 0.214 e. The normalized spacial score (nSPS) is 20.2. The van der Waals surface area contributed by atoms with Crippen LogP contribution in [0.4, 0.5) is 0 Å². The number of sulfonamides is 1. The van der Waals surface area contributed by atoms with Crippen LogP contribution in [0.25, 0.3) is 0 Å². The molecule has 0 amide bonds. The molecular weight excluding hydrogens is 188 g/mol. The molecule has 0 saturated heterocycles. The van der Waals surface area contributed by atoms with Gasteiger partial charge in [-0.2, -0.15) is 0 Å². The lowest BCUT2D eigenvalue weighted by Crippen LogP contribution is -2.31. The van der Waals surface area contributed by atoms with Crippen molar-refractivity contribution in [1.29, 1.82) is 0 Å². The molecule has 1 aliphatic carbocycles. The van der Waals surface area contributed by atoms with Crippen molar-refractivity contribution in [3.05, 3.63) is 0 Å². The van der Waals surface area contributed by atoms with Crippen LogP contribution < -0.4 is 10.5 Å². The maximum absolute atomic E-state index is 11.4. The van der Waals surface area contributed by atoms with Gasteiger partial charge in [-0.3, -0.25) is 0 Å². The Morgan fingerprint density at radius 1 is 1.54 bits per heavy atom. The second kappa shape index (κ2) is 4.39. The molecule has 0 spiro atoms. The fraction of sp³-hybridized carbons (Fsp3) is 1.00. The first-order valence-electron chi connectivity index (χ1n) is 4.75. The van der Waals surface area contributed by atoms with Gasteiger partial charge in [-0.1, -0.05) is 6.92 Å². The average Bonchev–Trinajstić information content (AvgIpc) is 2.84. The highest BCUT2D eigenvalue weighted by Gasteiger charge is 2.35. The molecule has 78 valence electrons. The molecule has 0 aromatic rings. The fourth-order valence-electron chi connectivity index (χ4n) is 1.14. The summed E-state index contributed by atoms with van der Waals surface area (Å²) in [4.78, 5) is 0. The van der Waals surface area contributed by atoms with Gasteiger partial charge in [0.05, 0.1) is 5.25 Å². The highest BCUT2D eigenvalue weighted by Crippen LogP contribution is 2.27. The molecule has 1 aliphatic rings. The fourth-order valence-corrected chi connectivity index (χ4v) is 2.65. The Kier molecular flexibility index (Phi) is 3.70. The van der Waals surface area contributed by atoms with Gasteiger partial charge < -0.3 is 5.73 Å². The zero-order valence-electron chi connectivity index (χ0n) is 7.99. The topological polar surface area (TPSA) is 72.2 Å². The minimum Gasteiger partial charge on any atom is -0.330 e. The van der Waals surface area contributed by atoms with E-state index < -0.39 is 10.0 Å². The van der Waals surface area contributed by atoms with Gasteiger partial charge in [0.15, 0.2) is 0 Å². The Bertz CT molecular complexity index is 247. The van der Waals surface area contributed by atoms with E-state index in [0.29, 0.717) is 19.0 Å². The molecule has 1 atom stereocenters. The lowest BCUT2D eigenvalue weighted by Gasteiger charge is -2.11. The molecule has 1 fully saturated rings. The Morgan fingerprint density at radius 3 is 2.62 bits per heavy atom. The van der Waals surface area contributed by atoms with Crippen molar-refractivity contribution in [2.75, 3.05) is 13.1 Å². The molecule has 5 heteroatoms. The monoisotopic (exact) mass is 206 g/mol. The van der Waals surface area contributed by atoms with Crippen molar-refractivity contribution >= 4 is 10.0 Å². The summed E-state index contributed by atoms with van der Waals surface area (Å²) in [5.74, 6) is 0.332. The second-order valence-corrected chi connectivity index (χ2v) is 5.82. The largest absolute Gasteiger partial charge is 0.330 e. The summed E-state index contributed by atoms with van der Waals surface area (Å²) in [5.41, 5.74) is 5.36. The van der Waals surface area contributed by atoms with Crippen molar-refractivity contribution in [2.45, 2.75) is 31.4 Å². The molecule has 0 heterocycles. The van der Waals surface area contributed by atoms with E-state index >= 15 is 0 Å². The molecule has 1 saturated carbocycles. The van der Waals surface area contributed by atoms with Crippen LogP contribution >= 0.6 is 0 Å². The van der Waals surface area contributed by atoms with Gasteiger partial charge in [-0.05, 0) is 31.7 Å². The quantitative estimate of drug-likeness (QED) is 0.645. The van der Waals surface area contributed by atoms with Crippen LogP contribution in [0, 0.1) is 5.92 Å². The third kappa shape index (κ3) is 3.62. The SMILES string of the molecule is CC(CCN)CNS(=O)(=O)C1CC1. The van der Waals surface area contributed by atoms with Gasteiger partial charge in [0.25, 0.3) is 0 Å². The summed E-state index contributed by atoms with van der Waals surface area (Å²) >= 11 is 0. The summed E-state index contributed by atoms with van der Waals surface area (Å²) in [5, 5.41) is -0.113. The summed E-state index contributed by atoms with van der Waals surface area (Å²) < 4.78 is 25.3. The van der Waals surface area contributed by atoms with E-state index in [1.165, 1.54) is 0 Å². The van der Waals surface area contributed by atoms with Crippen LogP contribution in [0.15, 0.2) is 0 Å². The Balaban J connectivity index is 2.24. The van der Waals surface area contributed by atoms with E-state index in [4.69, 9.17) is 5.73 Å². The molecule has 3 N–H and O–H groups in total. The van der Waals surface area contributed by atoms with Crippen LogP contribution in [0.2, 0.25) is 0 Å². The van der Waals surface area contributed by atoms with Crippen LogP contribution in [-0.2, 0) is 10.0 Å². The molecule has 4 nitrogen and oxygen atoms in total. The van der Waals surface area contributed by atoms with E-state index in [0.717, 1.165) is 19.3 Å². The van der Waals surface area contributed by atoms with E-state index in [2.05, 4.69) is 4.72 Å². The van der Waals surface area contributed by atoms with Gasteiger partial charge in [0.2, 0.25) is 10.0 Å². The molecular formula is C8H18N2O2S. The lowest BCUT2D eigenvalue weighted by molar-refractivity contribution is 0.515. The first kappa shape index (κ1) is 10.9. The number of hydrogen-bond acceptors (Lipinski definition) is 3. The molecule has 0 bridgehead atoms. The predicted molar refractivity (Wildman–Crippen MR) is 52.8 cm³/mol. The molecule has 0 radical (unpaired) electrons. The number of nitrogens with one attached hydrogen (secondary N) is 1. The van der Waals surface area contributed by atoms with Crippen molar-refractivity contribution in [3.8, 4) is 0 Å². The number of rotatable bonds is 6. The average molecular weight is 206 g/mol. The van der Waals surface area contributed by atoms with Gasteiger partial charge in [-0.15, -0.1) is 0 Å². The van der Waals surface area contributed by atoms with Gasteiger partial charge in [0.1, 0.15) is 0 Å². The number of hydrogen-bond donors (Lipinski definition) is 2. The standard InChI is InChI=1S/C8H18N2O2S/c1-7(4-5-9)6-10-13(11,12)8-2-3-8/h7-8,10H,2-6,9H2,1H3. The molecule has 1 rings (SSSR count). The Morgan fingerprint density at radius 2 is 2.15 bits per heavy atom. The molecule has 13 heavy (non-hydrogen) atoms. The molecule has 0 aromatic heterocycles. The predicted octanol–water partition coefficient (Wildman–Crippen LogP) is 0.0531. The summed E-state index contributed by atoms with van der Waals surface area (Å²) in [6.07, 6.45) is 2.51. The van der Waals surface area contributed by atoms with Crippen LogP contribution in [0.3, 0.4) is 0 Å². The Labute approximate surface area is 79.9 Å². The van der Waals surface area contributed by atoms with Gasteiger partial charge >= 0.3 is 0 Å². The summed E-state index contributed by atoms with van der Waals surface area (Å²) in [7, 11) is -2.99. The van der Waals surface area contributed by atoms with Crippen molar-refractivity contribution < 1.29 is 8.42 Å². The molecule has 0 aliphatic heterocycles. The van der Waals surface area contributed by atoms with Gasteiger partial charge in [0, 0.05) is 6.54 Å². The highest BCUT2D eigenvalue weighted by atomic mass is 32.2. The summed E-state index contributed by atoms with van der Waals surface area (Å²) in [6.45, 7) is 3.14. The first-order chi connectivity index (χ1) is 6.06. The van der Waals surface area contributed by atoms with Crippen LogP contribution in [-0.4, -0.2) is 26.8 Å². The second-order valence-electron chi connectivity index (χ2n) is 3.78. The van der Waals surface area contributed by atoms with Gasteiger partial charge in [-0.25, -0.2) is 13.1 Å². The minimum atomic E-state index is -2.99. The maximum atomic E-state index is 11.4. The zero-order valence-corrected chi connectivity index (χ0v) is 8.81.